The Balaban J connectivity index is 1.17. The first-order valence-electron chi connectivity index (χ1n) is 13.0. The normalized spacial score (nSPS) is 23.5. The molecule has 0 aliphatic carbocycles. The Kier molecular flexibility index (Phi) is 6.64. The van der Waals surface area contributed by atoms with Crippen LogP contribution < -0.4 is 20.9 Å². The van der Waals surface area contributed by atoms with E-state index in [0.717, 1.165) is 11.3 Å². The van der Waals surface area contributed by atoms with E-state index in [1.165, 1.54) is 17.3 Å². The predicted octanol–water partition coefficient (Wildman–Crippen LogP) is 2.04. The highest BCUT2D eigenvalue weighted by molar-refractivity contribution is 8.24. The molecule has 3 aliphatic rings. The van der Waals surface area contributed by atoms with E-state index in [2.05, 4.69) is 25.8 Å². The number of para-hydroxylation sites is 1. The maximum Gasteiger partial charge on any atom is 0.322 e. The molecule has 5 N–H and O–H groups in total. The standard InChI is InChI=1S/C28H28N6O6S/c35-24(19-7-5-18(6-8-19)15-33-13-14-41(39,40)22-4-2-1-3-21(22)33)30-23-16-34(25(36)20-9-11-29-12-10-20)17-28(23)26(37)31-27(38)32-28/h1-12,23,39-40H,13-17H2,(H,30,35)(H2,31,32,37,38). The molecule has 1 spiro atoms. The molecule has 3 aliphatic heterocycles. The summed E-state index contributed by atoms with van der Waals surface area (Å²) in [5, 5.41) is 7.71. The summed E-state index contributed by atoms with van der Waals surface area (Å²) < 4.78 is 20.9. The van der Waals surface area contributed by atoms with Crippen LogP contribution in [0.25, 0.3) is 0 Å². The largest absolute Gasteiger partial charge is 0.364 e. The van der Waals surface area contributed by atoms with Crippen LogP contribution in [-0.4, -0.2) is 79.7 Å². The fourth-order valence-electron chi connectivity index (χ4n) is 5.57. The summed E-state index contributed by atoms with van der Waals surface area (Å²) >= 11 is 0. The van der Waals surface area contributed by atoms with Gasteiger partial charge in [0.15, 0.2) is 5.54 Å². The van der Waals surface area contributed by atoms with Crippen molar-refractivity contribution in [2.45, 2.75) is 23.0 Å². The number of imide groups is 1. The zero-order chi connectivity index (χ0) is 28.8. The maximum absolute atomic E-state index is 13.3. The molecule has 0 radical (unpaired) electrons. The number of urea groups is 1. The van der Waals surface area contributed by atoms with E-state index in [1.807, 2.05) is 24.3 Å². The Morgan fingerprint density at radius 1 is 1.02 bits per heavy atom. The smallest absolute Gasteiger partial charge is 0.322 e. The van der Waals surface area contributed by atoms with E-state index in [9.17, 15) is 28.3 Å². The number of aromatic nitrogens is 1. The van der Waals surface area contributed by atoms with Gasteiger partial charge in [-0.2, -0.15) is 10.6 Å². The highest BCUT2D eigenvalue weighted by Crippen LogP contribution is 2.55. The van der Waals surface area contributed by atoms with Gasteiger partial charge in [0.05, 0.1) is 28.9 Å². The number of carbonyl (C=O) groups is 4. The van der Waals surface area contributed by atoms with E-state index in [4.69, 9.17) is 0 Å². The summed E-state index contributed by atoms with van der Waals surface area (Å²) in [5.74, 6) is -1.15. The van der Waals surface area contributed by atoms with Crippen LogP contribution >= 0.6 is 10.6 Å². The number of fused-ring (bicyclic) bond motifs is 1. The SMILES string of the molecule is O=C1NC(=O)C2(CN(C(=O)c3ccncc3)CC2NC(=O)c2ccc(CN3CCS(O)(O)c4ccccc43)cc2)N1. The first kappa shape index (κ1) is 26.7. The van der Waals surface area contributed by atoms with Gasteiger partial charge < -0.3 is 20.4 Å². The first-order chi connectivity index (χ1) is 19.7. The van der Waals surface area contributed by atoms with Crippen molar-refractivity contribution in [1.82, 2.24) is 25.8 Å². The van der Waals surface area contributed by atoms with Gasteiger partial charge in [0, 0.05) is 43.2 Å². The second-order valence-electron chi connectivity index (χ2n) is 10.3. The number of pyridine rings is 1. The zero-order valence-corrected chi connectivity index (χ0v) is 22.6. The molecule has 3 aromatic rings. The van der Waals surface area contributed by atoms with Gasteiger partial charge in [0.25, 0.3) is 17.7 Å². The Labute approximate surface area is 237 Å². The molecule has 1 aromatic heterocycles. The van der Waals surface area contributed by atoms with E-state index >= 15 is 0 Å². The topological polar surface area (TPSA) is 164 Å². The monoisotopic (exact) mass is 576 g/mol. The number of likely N-dealkylation sites (tertiary alicyclic amines) is 1. The van der Waals surface area contributed by atoms with Crippen LogP contribution in [0.2, 0.25) is 0 Å². The van der Waals surface area contributed by atoms with Gasteiger partial charge in [-0.1, -0.05) is 24.3 Å². The summed E-state index contributed by atoms with van der Waals surface area (Å²) in [7, 11) is -2.82. The highest BCUT2D eigenvalue weighted by atomic mass is 32.3. The first-order valence-corrected chi connectivity index (χ1v) is 14.7. The lowest BCUT2D eigenvalue weighted by atomic mass is 9.93. The number of anilines is 1. The Morgan fingerprint density at radius 2 is 1.76 bits per heavy atom. The van der Waals surface area contributed by atoms with Crippen molar-refractivity contribution < 1.29 is 28.3 Å². The van der Waals surface area contributed by atoms with Gasteiger partial charge in [-0.05, 0) is 42.0 Å². The minimum Gasteiger partial charge on any atom is -0.364 e. The van der Waals surface area contributed by atoms with E-state index in [-0.39, 0.29) is 24.7 Å². The zero-order valence-electron chi connectivity index (χ0n) is 21.8. The second-order valence-corrected chi connectivity index (χ2v) is 12.5. The number of carbonyl (C=O) groups excluding carboxylic acids is 4. The van der Waals surface area contributed by atoms with Gasteiger partial charge in [0.1, 0.15) is 0 Å². The van der Waals surface area contributed by atoms with Crippen molar-refractivity contribution >= 4 is 40.0 Å². The van der Waals surface area contributed by atoms with Gasteiger partial charge in [0.2, 0.25) is 0 Å². The summed E-state index contributed by atoms with van der Waals surface area (Å²) in [6, 6.07) is 15.8. The molecule has 2 unspecified atom stereocenters. The van der Waals surface area contributed by atoms with Gasteiger partial charge in [-0.3, -0.25) is 33.8 Å². The molecule has 0 saturated carbocycles. The average Bonchev–Trinajstić information content (AvgIpc) is 3.48. The summed E-state index contributed by atoms with van der Waals surface area (Å²) in [6.07, 6.45) is 2.98. The van der Waals surface area contributed by atoms with Crippen LogP contribution in [-0.2, 0) is 11.3 Å². The van der Waals surface area contributed by atoms with Crippen LogP contribution in [0.4, 0.5) is 10.5 Å². The Bertz CT molecular complexity index is 1530. The van der Waals surface area contributed by atoms with Gasteiger partial charge in [-0.15, -0.1) is 0 Å². The van der Waals surface area contributed by atoms with Crippen molar-refractivity contribution in [3.63, 3.8) is 0 Å². The number of nitrogens with one attached hydrogen (secondary N) is 3. The van der Waals surface area contributed by atoms with Gasteiger partial charge >= 0.3 is 6.03 Å². The molecular formula is C28H28N6O6S. The van der Waals surface area contributed by atoms with Crippen LogP contribution in [0.15, 0.2) is 78.0 Å². The highest BCUT2D eigenvalue weighted by Gasteiger charge is 2.58. The minimum absolute atomic E-state index is 0.0201. The van der Waals surface area contributed by atoms with Crippen molar-refractivity contribution in [1.29, 1.82) is 0 Å². The van der Waals surface area contributed by atoms with E-state index in [1.54, 1.807) is 36.4 Å². The molecule has 13 heteroatoms. The predicted molar refractivity (Wildman–Crippen MR) is 151 cm³/mol. The number of amides is 5. The lowest BCUT2D eigenvalue weighted by Gasteiger charge is -2.43. The number of hydrogen-bond donors (Lipinski definition) is 5. The van der Waals surface area contributed by atoms with Crippen molar-refractivity contribution in [3.05, 3.63) is 89.7 Å². The van der Waals surface area contributed by atoms with Crippen LogP contribution in [0.3, 0.4) is 0 Å². The quantitative estimate of drug-likeness (QED) is 0.288. The van der Waals surface area contributed by atoms with E-state index < -0.39 is 40.0 Å². The molecule has 12 nitrogen and oxygen atoms in total. The van der Waals surface area contributed by atoms with Crippen molar-refractivity contribution in [3.8, 4) is 0 Å². The molecule has 4 heterocycles. The number of hydrogen-bond acceptors (Lipinski definition) is 8. The van der Waals surface area contributed by atoms with Crippen molar-refractivity contribution in [2.75, 3.05) is 30.3 Å². The Hall–Kier alpha value is -4.46. The Morgan fingerprint density at radius 3 is 2.46 bits per heavy atom. The molecule has 5 amide bonds. The lowest BCUT2D eigenvalue weighted by Crippen LogP contribution is -2.62. The molecular weight excluding hydrogens is 548 g/mol. The summed E-state index contributed by atoms with van der Waals surface area (Å²) in [4.78, 5) is 59.3. The lowest BCUT2D eigenvalue weighted by molar-refractivity contribution is -0.124. The molecule has 41 heavy (non-hydrogen) atoms. The molecule has 0 bridgehead atoms. The fraction of sp³-hybridized carbons (Fsp3) is 0.250. The van der Waals surface area contributed by atoms with Gasteiger partial charge in [-0.25, -0.2) is 4.79 Å². The third-order valence-corrected chi connectivity index (χ3v) is 9.52. The van der Waals surface area contributed by atoms with Crippen LogP contribution in [0, 0.1) is 0 Å². The number of benzene rings is 2. The van der Waals surface area contributed by atoms with E-state index in [0.29, 0.717) is 29.1 Å². The molecule has 2 saturated heterocycles. The summed E-state index contributed by atoms with van der Waals surface area (Å²) in [6.45, 7) is 0.913. The molecule has 2 atom stereocenters. The molecule has 2 aromatic carbocycles. The third kappa shape index (κ3) is 4.88. The maximum atomic E-state index is 13.3. The third-order valence-electron chi connectivity index (χ3n) is 7.72. The molecule has 6 rings (SSSR count). The molecule has 212 valence electrons. The van der Waals surface area contributed by atoms with Crippen molar-refractivity contribution in [2.24, 2.45) is 0 Å². The summed E-state index contributed by atoms with van der Waals surface area (Å²) in [5.41, 5.74) is 0.927. The minimum atomic E-state index is -2.82. The average molecular weight is 577 g/mol. The second kappa shape index (κ2) is 10.2. The molecule has 2 fully saturated rings. The van der Waals surface area contributed by atoms with Crippen LogP contribution in [0.5, 0.6) is 0 Å². The number of rotatable bonds is 5. The van der Waals surface area contributed by atoms with Crippen LogP contribution in [0.1, 0.15) is 26.3 Å². The number of nitrogens with zero attached hydrogens (tertiary/aromatic N) is 3. The fourth-order valence-corrected chi connectivity index (χ4v) is 7.09.